The summed E-state index contributed by atoms with van der Waals surface area (Å²) in [5.74, 6) is -0.247. The predicted molar refractivity (Wildman–Crippen MR) is 90.8 cm³/mol. The number of esters is 1. The molecule has 2 amide bonds. The largest absolute Gasteiger partial charge is 0.469 e. The lowest BCUT2D eigenvalue weighted by Crippen LogP contribution is -2.46. The lowest BCUT2D eigenvalue weighted by molar-refractivity contribution is -0.148. The van der Waals surface area contributed by atoms with Gasteiger partial charge in [-0.3, -0.25) is 4.79 Å². The van der Waals surface area contributed by atoms with E-state index in [2.05, 4.69) is 5.32 Å². The zero-order chi connectivity index (χ0) is 17.3. The summed E-state index contributed by atoms with van der Waals surface area (Å²) >= 11 is 0. The Morgan fingerprint density at radius 2 is 2.17 bits per heavy atom. The third-order valence-electron chi connectivity index (χ3n) is 4.71. The molecule has 0 radical (unpaired) electrons. The number of benzene rings is 1. The van der Waals surface area contributed by atoms with Crippen LogP contribution in [0.2, 0.25) is 0 Å². The third kappa shape index (κ3) is 3.09. The number of nitrogens with one attached hydrogen (secondary N) is 1. The molecule has 6 heteroatoms. The normalized spacial score (nSPS) is 20.9. The number of anilines is 1. The molecular weight excluding hydrogens is 308 g/mol. The fraction of sp³-hybridized carbons (Fsp3) is 0.444. The van der Waals surface area contributed by atoms with Crippen LogP contribution in [0.4, 0.5) is 10.5 Å². The standard InChI is InChI=1S/C18H22N2O4/c1-11-9-20(7-6-14(11)17(21)23-3)18(22)19-13-4-5-16-15(8-13)12(2)10-24-16/h4-5,8,10-11,14H,6-7,9H2,1-3H3,(H,19,22)/t11-,14+/m0/s1. The Balaban J connectivity index is 1.66. The monoisotopic (exact) mass is 330 g/mol. The van der Waals surface area contributed by atoms with Crippen molar-refractivity contribution in [2.24, 2.45) is 11.8 Å². The third-order valence-corrected chi connectivity index (χ3v) is 4.71. The first-order chi connectivity index (χ1) is 11.5. The topological polar surface area (TPSA) is 71.8 Å². The van der Waals surface area contributed by atoms with Crippen molar-refractivity contribution < 1.29 is 18.7 Å². The van der Waals surface area contributed by atoms with Crippen molar-refractivity contribution in [1.29, 1.82) is 0 Å². The zero-order valence-electron chi connectivity index (χ0n) is 14.2. The molecule has 2 atom stereocenters. The van der Waals surface area contributed by atoms with E-state index < -0.39 is 0 Å². The van der Waals surface area contributed by atoms with E-state index in [-0.39, 0.29) is 23.8 Å². The molecule has 6 nitrogen and oxygen atoms in total. The number of furan rings is 1. The van der Waals surface area contributed by atoms with Crippen LogP contribution in [0.1, 0.15) is 18.9 Å². The highest BCUT2D eigenvalue weighted by atomic mass is 16.5. The van der Waals surface area contributed by atoms with Gasteiger partial charge in [0.05, 0.1) is 19.3 Å². The molecule has 0 aliphatic carbocycles. The average molecular weight is 330 g/mol. The van der Waals surface area contributed by atoms with E-state index in [0.29, 0.717) is 19.5 Å². The Morgan fingerprint density at radius 3 is 2.88 bits per heavy atom. The van der Waals surface area contributed by atoms with Gasteiger partial charge in [-0.15, -0.1) is 0 Å². The Labute approximate surface area is 140 Å². The van der Waals surface area contributed by atoms with Crippen LogP contribution >= 0.6 is 0 Å². The number of methoxy groups -OCH3 is 1. The molecule has 0 bridgehead atoms. The number of aryl methyl sites for hydroxylation is 1. The maximum Gasteiger partial charge on any atom is 0.321 e. The smallest absolute Gasteiger partial charge is 0.321 e. The van der Waals surface area contributed by atoms with E-state index in [0.717, 1.165) is 22.2 Å². The maximum atomic E-state index is 12.5. The van der Waals surface area contributed by atoms with Gasteiger partial charge in [-0.2, -0.15) is 0 Å². The zero-order valence-corrected chi connectivity index (χ0v) is 14.2. The van der Waals surface area contributed by atoms with E-state index in [1.165, 1.54) is 7.11 Å². The second-order valence-corrected chi connectivity index (χ2v) is 6.40. The molecule has 0 spiro atoms. The van der Waals surface area contributed by atoms with Crippen LogP contribution in [0.25, 0.3) is 11.0 Å². The Bertz CT molecular complexity index is 767. The van der Waals surface area contributed by atoms with Crippen molar-refractivity contribution >= 4 is 28.7 Å². The van der Waals surface area contributed by atoms with E-state index >= 15 is 0 Å². The van der Waals surface area contributed by atoms with Gasteiger partial charge in [0.15, 0.2) is 0 Å². The van der Waals surface area contributed by atoms with Crippen molar-refractivity contribution in [2.75, 3.05) is 25.5 Å². The van der Waals surface area contributed by atoms with Gasteiger partial charge in [0.1, 0.15) is 5.58 Å². The van der Waals surface area contributed by atoms with E-state index in [1.54, 1.807) is 11.2 Å². The van der Waals surface area contributed by atoms with Crippen LogP contribution in [-0.2, 0) is 9.53 Å². The van der Waals surface area contributed by atoms with Crippen molar-refractivity contribution in [3.8, 4) is 0 Å². The van der Waals surface area contributed by atoms with Gasteiger partial charge >= 0.3 is 12.0 Å². The lowest BCUT2D eigenvalue weighted by atomic mass is 9.87. The van der Waals surface area contributed by atoms with Crippen molar-refractivity contribution in [3.63, 3.8) is 0 Å². The molecule has 1 aromatic carbocycles. The number of fused-ring (bicyclic) bond motifs is 1. The van der Waals surface area contributed by atoms with Crippen molar-refractivity contribution in [2.45, 2.75) is 20.3 Å². The number of carbonyl (C=O) groups is 2. The molecule has 1 fully saturated rings. The van der Waals surface area contributed by atoms with E-state index in [9.17, 15) is 9.59 Å². The van der Waals surface area contributed by atoms with Crippen LogP contribution in [0.3, 0.4) is 0 Å². The molecule has 128 valence electrons. The van der Waals surface area contributed by atoms with E-state index in [1.807, 2.05) is 32.0 Å². The summed E-state index contributed by atoms with van der Waals surface area (Å²) in [7, 11) is 1.40. The number of hydrogen-bond donors (Lipinski definition) is 1. The van der Waals surface area contributed by atoms with Gasteiger partial charge in [-0.25, -0.2) is 4.79 Å². The van der Waals surface area contributed by atoms with Gasteiger partial charge in [0.25, 0.3) is 0 Å². The fourth-order valence-electron chi connectivity index (χ4n) is 3.27. The predicted octanol–water partition coefficient (Wildman–Crippen LogP) is 3.40. The molecular formula is C18H22N2O4. The Hall–Kier alpha value is -2.50. The summed E-state index contributed by atoms with van der Waals surface area (Å²) < 4.78 is 10.2. The number of nitrogens with zero attached hydrogens (tertiary/aromatic N) is 1. The number of hydrogen-bond acceptors (Lipinski definition) is 4. The first-order valence-corrected chi connectivity index (χ1v) is 8.11. The Kier molecular flexibility index (Phi) is 4.46. The van der Waals surface area contributed by atoms with Crippen LogP contribution in [-0.4, -0.2) is 37.1 Å². The first-order valence-electron chi connectivity index (χ1n) is 8.11. The number of amides is 2. The summed E-state index contributed by atoms with van der Waals surface area (Å²) in [4.78, 5) is 26.0. The van der Waals surface area contributed by atoms with Crippen molar-refractivity contribution in [1.82, 2.24) is 4.90 Å². The molecule has 1 N–H and O–H groups in total. The number of urea groups is 1. The van der Waals surface area contributed by atoms with Gasteiger partial charge in [0, 0.05) is 24.2 Å². The highest BCUT2D eigenvalue weighted by Gasteiger charge is 2.33. The maximum absolute atomic E-state index is 12.5. The molecule has 3 rings (SSSR count). The molecule has 24 heavy (non-hydrogen) atoms. The minimum atomic E-state index is -0.191. The van der Waals surface area contributed by atoms with Crippen LogP contribution < -0.4 is 5.32 Å². The van der Waals surface area contributed by atoms with Crippen molar-refractivity contribution in [3.05, 3.63) is 30.0 Å². The summed E-state index contributed by atoms with van der Waals surface area (Å²) in [6.45, 7) is 5.03. The highest BCUT2D eigenvalue weighted by molar-refractivity contribution is 5.93. The molecule has 0 unspecified atom stereocenters. The highest BCUT2D eigenvalue weighted by Crippen LogP contribution is 2.26. The van der Waals surface area contributed by atoms with Crippen LogP contribution in [0.5, 0.6) is 0 Å². The minimum absolute atomic E-state index is 0.0792. The number of rotatable bonds is 2. The first kappa shape index (κ1) is 16.4. The summed E-state index contributed by atoms with van der Waals surface area (Å²) in [6, 6.07) is 5.44. The average Bonchev–Trinajstić information content (AvgIpc) is 2.95. The summed E-state index contributed by atoms with van der Waals surface area (Å²) in [6.07, 6.45) is 2.33. The Morgan fingerprint density at radius 1 is 1.38 bits per heavy atom. The quantitative estimate of drug-likeness (QED) is 0.857. The fourth-order valence-corrected chi connectivity index (χ4v) is 3.27. The molecule has 1 saturated heterocycles. The van der Waals surface area contributed by atoms with Crippen LogP contribution in [0, 0.1) is 18.8 Å². The van der Waals surface area contributed by atoms with Crippen LogP contribution in [0.15, 0.2) is 28.9 Å². The number of ether oxygens (including phenoxy) is 1. The molecule has 0 saturated carbocycles. The summed E-state index contributed by atoms with van der Waals surface area (Å²) in [5.41, 5.74) is 2.58. The molecule has 2 aromatic rings. The summed E-state index contributed by atoms with van der Waals surface area (Å²) in [5, 5.41) is 3.92. The van der Waals surface area contributed by atoms with Gasteiger partial charge in [-0.05, 0) is 43.0 Å². The molecule has 1 aromatic heterocycles. The van der Waals surface area contributed by atoms with Gasteiger partial charge < -0.3 is 19.4 Å². The number of piperidine rings is 1. The van der Waals surface area contributed by atoms with Gasteiger partial charge in [0.2, 0.25) is 0 Å². The minimum Gasteiger partial charge on any atom is -0.469 e. The molecule has 1 aliphatic heterocycles. The molecule has 1 aliphatic rings. The number of carbonyl (C=O) groups excluding carboxylic acids is 2. The lowest BCUT2D eigenvalue weighted by Gasteiger charge is -2.35. The number of likely N-dealkylation sites (tertiary alicyclic amines) is 1. The van der Waals surface area contributed by atoms with Gasteiger partial charge in [-0.1, -0.05) is 6.92 Å². The molecule has 2 heterocycles. The van der Waals surface area contributed by atoms with E-state index in [4.69, 9.17) is 9.15 Å². The second kappa shape index (κ2) is 6.55. The SMILES string of the molecule is COC(=O)[C@@H]1CCN(C(=O)Nc2ccc3occ(C)c3c2)C[C@@H]1C. The second-order valence-electron chi connectivity index (χ2n) is 6.40.